The number of hydrogen-bond acceptors (Lipinski definition) is 3. The molecule has 0 saturated carbocycles. The summed E-state index contributed by atoms with van der Waals surface area (Å²) in [4.78, 5) is 25.4. The first-order valence-electron chi connectivity index (χ1n) is 7.41. The minimum Gasteiger partial charge on any atom is -0.335 e. The van der Waals surface area contributed by atoms with E-state index >= 15 is 0 Å². The van der Waals surface area contributed by atoms with E-state index in [-0.39, 0.29) is 18.5 Å². The van der Waals surface area contributed by atoms with Crippen molar-refractivity contribution in [1.82, 2.24) is 15.5 Å². The fourth-order valence-electron chi connectivity index (χ4n) is 1.85. The van der Waals surface area contributed by atoms with Crippen LogP contribution in [0.4, 0.5) is 4.79 Å². The lowest BCUT2D eigenvalue weighted by Gasteiger charge is -2.20. The standard InChI is InChI=1S/C16H25N3O2/c1-4-13(3)17-16(21)18-15(20)12-19(5-2)11-14-9-7-6-8-10-14/h6-10,13H,4-5,11-12H2,1-3H3,(H2,17,18,20,21)/t13-/m0/s1. The lowest BCUT2D eigenvalue weighted by molar-refractivity contribution is -0.121. The van der Waals surface area contributed by atoms with Crippen LogP contribution in [0, 0.1) is 0 Å². The lowest BCUT2D eigenvalue weighted by atomic mass is 10.2. The van der Waals surface area contributed by atoms with Crippen molar-refractivity contribution < 1.29 is 9.59 Å². The van der Waals surface area contributed by atoms with Crippen molar-refractivity contribution in [3.63, 3.8) is 0 Å². The molecule has 3 amide bonds. The summed E-state index contributed by atoms with van der Waals surface area (Å²) >= 11 is 0. The second-order valence-electron chi connectivity index (χ2n) is 5.12. The number of amides is 3. The summed E-state index contributed by atoms with van der Waals surface area (Å²) in [6.07, 6.45) is 0.830. The third-order valence-electron chi connectivity index (χ3n) is 3.31. The Bertz CT molecular complexity index is 448. The summed E-state index contributed by atoms with van der Waals surface area (Å²) in [5, 5.41) is 5.08. The van der Waals surface area contributed by atoms with Gasteiger partial charge in [-0.25, -0.2) is 4.79 Å². The van der Waals surface area contributed by atoms with E-state index < -0.39 is 6.03 Å². The second kappa shape index (κ2) is 9.13. The van der Waals surface area contributed by atoms with Crippen molar-refractivity contribution in [3.8, 4) is 0 Å². The normalized spacial score (nSPS) is 12.0. The van der Waals surface area contributed by atoms with Gasteiger partial charge >= 0.3 is 6.03 Å². The van der Waals surface area contributed by atoms with Gasteiger partial charge in [-0.1, -0.05) is 44.2 Å². The zero-order valence-electron chi connectivity index (χ0n) is 13.1. The topological polar surface area (TPSA) is 61.4 Å². The monoisotopic (exact) mass is 291 g/mol. The number of carbonyl (C=O) groups excluding carboxylic acids is 2. The summed E-state index contributed by atoms with van der Waals surface area (Å²) in [6.45, 7) is 7.52. The Morgan fingerprint density at radius 3 is 2.43 bits per heavy atom. The van der Waals surface area contributed by atoms with Gasteiger partial charge in [0.25, 0.3) is 0 Å². The molecule has 116 valence electrons. The molecule has 0 aromatic heterocycles. The SMILES string of the molecule is CC[C@H](C)NC(=O)NC(=O)CN(CC)Cc1ccccc1. The van der Waals surface area contributed by atoms with Crippen LogP contribution in [0.5, 0.6) is 0 Å². The molecule has 1 aromatic carbocycles. The van der Waals surface area contributed by atoms with E-state index in [4.69, 9.17) is 0 Å². The van der Waals surface area contributed by atoms with Gasteiger partial charge in [-0.2, -0.15) is 0 Å². The van der Waals surface area contributed by atoms with Crippen LogP contribution in [0.25, 0.3) is 0 Å². The summed E-state index contributed by atoms with van der Waals surface area (Å²) < 4.78 is 0. The first-order chi connectivity index (χ1) is 10.0. The molecule has 0 heterocycles. The summed E-state index contributed by atoms with van der Waals surface area (Å²) in [5.41, 5.74) is 1.15. The highest BCUT2D eigenvalue weighted by atomic mass is 16.2. The minimum atomic E-state index is -0.426. The number of nitrogens with zero attached hydrogens (tertiary/aromatic N) is 1. The molecule has 1 aromatic rings. The Morgan fingerprint density at radius 1 is 1.19 bits per heavy atom. The van der Waals surface area contributed by atoms with Crippen LogP contribution < -0.4 is 10.6 Å². The Morgan fingerprint density at radius 2 is 1.86 bits per heavy atom. The van der Waals surface area contributed by atoms with E-state index in [1.54, 1.807) is 0 Å². The third kappa shape index (κ3) is 6.90. The molecule has 2 N–H and O–H groups in total. The van der Waals surface area contributed by atoms with Crippen molar-refractivity contribution in [1.29, 1.82) is 0 Å². The fraction of sp³-hybridized carbons (Fsp3) is 0.500. The Labute approximate surface area is 126 Å². The molecule has 5 nitrogen and oxygen atoms in total. The van der Waals surface area contributed by atoms with Crippen LogP contribution in [0.15, 0.2) is 30.3 Å². The number of rotatable bonds is 7. The molecule has 1 rings (SSSR count). The van der Waals surface area contributed by atoms with Crippen LogP contribution in [0.1, 0.15) is 32.8 Å². The first kappa shape index (κ1) is 17.2. The van der Waals surface area contributed by atoms with Crippen molar-refractivity contribution in [2.75, 3.05) is 13.1 Å². The van der Waals surface area contributed by atoms with Gasteiger partial charge < -0.3 is 5.32 Å². The molecule has 5 heteroatoms. The summed E-state index contributed by atoms with van der Waals surface area (Å²) in [6, 6.07) is 9.60. The highest BCUT2D eigenvalue weighted by Gasteiger charge is 2.13. The van der Waals surface area contributed by atoms with Gasteiger partial charge in [0.1, 0.15) is 0 Å². The van der Waals surface area contributed by atoms with Gasteiger partial charge in [0.05, 0.1) is 6.54 Å². The molecule has 0 saturated heterocycles. The van der Waals surface area contributed by atoms with Gasteiger partial charge in [-0.3, -0.25) is 15.0 Å². The van der Waals surface area contributed by atoms with Crippen LogP contribution >= 0.6 is 0 Å². The van der Waals surface area contributed by atoms with Gasteiger partial charge in [-0.15, -0.1) is 0 Å². The quantitative estimate of drug-likeness (QED) is 0.809. The van der Waals surface area contributed by atoms with E-state index in [9.17, 15) is 9.59 Å². The average Bonchev–Trinajstić information content (AvgIpc) is 2.47. The highest BCUT2D eigenvalue weighted by Crippen LogP contribution is 2.03. The number of nitrogens with one attached hydrogen (secondary N) is 2. The number of carbonyl (C=O) groups is 2. The number of imide groups is 1. The zero-order valence-corrected chi connectivity index (χ0v) is 13.1. The van der Waals surface area contributed by atoms with Gasteiger partial charge in [-0.05, 0) is 25.5 Å². The maximum atomic E-state index is 11.9. The lowest BCUT2D eigenvalue weighted by Crippen LogP contribution is -2.46. The van der Waals surface area contributed by atoms with Crippen molar-refractivity contribution in [2.24, 2.45) is 0 Å². The Balaban J connectivity index is 2.42. The maximum absolute atomic E-state index is 11.9. The number of benzene rings is 1. The molecule has 1 atom stereocenters. The Kier molecular flexibility index (Phi) is 7.46. The predicted molar refractivity (Wildman–Crippen MR) is 83.8 cm³/mol. The third-order valence-corrected chi connectivity index (χ3v) is 3.31. The van der Waals surface area contributed by atoms with E-state index in [1.165, 1.54) is 0 Å². The first-order valence-corrected chi connectivity index (χ1v) is 7.41. The molecular weight excluding hydrogens is 266 g/mol. The molecule has 0 radical (unpaired) electrons. The highest BCUT2D eigenvalue weighted by molar-refractivity contribution is 5.95. The van der Waals surface area contributed by atoms with E-state index in [2.05, 4.69) is 10.6 Å². The van der Waals surface area contributed by atoms with Crippen LogP contribution in [-0.2, 0) is 11.3 Å². The van der Waals surface area contributed by atoms with E-state index in [1.807, 2.05) is 56.0 Å². The van der Waals surface area contributed by atoms with Crippen LogP contribution in [0.2, 0.25) is 0 Å². The van der Waals surface area contributed by atoms with E-state index in [0.29, 0.717) is 6.54 Å². The maximum Gasteiger partial charge on any atom is 0.321 e. The molecule has 0 aliphatic heterocycles. The zero-order chi connectivity index (χ0) is 15.7. The average molecular weight is 291 g/mol. The molecule has 0 bridgehead atoms. The van der Waals surface area contributed by atoms with Gasteiger partial charge in [0, 0.05) is 12.6 Å². The van der Waals surface area contributed by atoms with E-state index in [0.717, 1.165) is 18.5 Å². The molecule has 0 aliphatic carbocycles. The summed E-state index contributed by atoms with van der Waals surface area (Å²) in [5.74, 6) is -0.284. The second-order valence-corrected chi connectivity index (χ2v) is 5.12. The van der Waals surface area contributed by atoms with Crippen LogP contribution in [0.3, 0.4) is 0 Å². The van der Waals surface area contributed by atoms with Crippen molar-refractivity contribution in [2.45, 2.75) is 39.8 Å². The number of likely N-dealkylation sites (N-methyl/N-ethyl adjacent to an activating group) is 1. The smallest absolute Gasteiger partial charge is 0.321 e. The molecule has 0 fully saturated rings. The number of hydrogen-bond donors (Lipinski definition) is 2. The van der Waals surface area contributed by atoms with Crippen molar-refractivity contribution >= 4 is 11.9 Å². The van der Waals surface area contributed by atoms with Crippen molar-refractivity contribution in [3.05, 3.63) is 35.9 Å². The largest absolute Gasteiger partial charge is 0.335 e. The minimum absolute atomic E-state index is 0.0596. The molecule has 0 spiro atoms. The number of urea groups is 1. The molecule has 0 aliphatic rings. The van der Waals surface area contributed by atoms with Gasteiger partial charge in [0.15, 0.2) is 0 Å². The predicted octanol–water partition coefficient (Wildman–Crippen LogP) is 2.13. The fourth-order valence-corrected chi connectivity index (χ4v) is 1.85. The Hall–Kier alpha value is -1.88. The van der Waals surface area contributed by atoms with Gasteiger partial charge in [0.2, 0.25) is 5.91 Å². The molecule has 0 unspecified atom stereocenters. The molecular formula is C16H25N3O2. The van der Waals surface area contributed by atoms with Crippen LogP contribution in [-0.4, -0.2) is 36.0 Å². The summed E-state index contributed by atoms with van der Waals surface area (Å²) in [7, 11) is 0. The molecule has 21 heavy (non-hydrogen) atoms.